The third kappa shape index (κ3) is 15.2. The van der Waals surface area contributed by atoms with Gasteiger partial charge in [-0.2, -0.15) is 50.5 Å². The normalized spacial score (nSPS) is 13.1. The van der Waals surface area contributed by atoms with E-state index in [1.807, 2.05) is 97.1 Å². The number of hydrogen-bond donors (Lipinski definition) is 10. The SMILES string of the molecule is Cc1cc(S(=O)(=O)O)c(C)cc1-c1c2nc(c(-c3cc(C)c(S(=O)(=O)O)cc3C)c3ccc([nH]3)c(-c3ccccc3-c3c4nc(c(-c5cc(C)c(S(=O)(=O)O)cc5C)c5ccc([nH]5)c(-c5cc(C)c(S(=O)(=O)O)cc5C)c5nc(c(-c6cc(C)c(S(=O)(=O)O)cc6C)c6ccc3[nH]6)C=C5)C=C4)c3nc(c(-c4cc(C)c(S(=O)(=O)O)cc4C)c4ccc1[nH]4)C=C3)C=C2. The van der Waals surface area contributed by atoms with Crippen molar-refractivity contribution in [1.29, 1.82) is 0 Å². The van der Waals surface area contributed by atoms with E-state index >= 15 is 0 Å². The van der Waals surface area contributed by atoms with Crippen LogP contribution in [-0.2, 0) is 60.7 Å². The number of fused-ring (bicyclic) bond motifs is 16. The largest absolute Gasteiger partial charge is 0.354 e. The number of aryl methyl sites for hydroxylation is 12. The molecule has 0 saturated heterocycles. The second kappa shape index (κ2) is 30.5. The molecule has 10 N–H and O–H groups in total. The van der Waals surface area contributed by atoms with Gasteiger partial charge in [0.05, 0.1) is 74.9 Å². The quantitative estimate of drug-likeness (QED) is 0.0452. The van der Waals surface area contributed by atoms with Crippen molar-refractivity contribution < 1.29 is 77.8 Å². The summed E-state index contributed by atoms with van der Waals surface area (Å²) in [7, 11) is -28.5. The van der Waals surface area contributed by atoms with Crippen molar-refractivity contribution >= 4 is 153 Å². The lowest BCUT2D eigenvalue weighted by Gasteiger charge is -2.14. The van der Waals surface area contributed by atoms with E-state index in [0.29, 0.717) is 212 Å². The highest BCUT2D eigenvalue weighted by atomic mass is 32.2. The highest BCUT2D eigenvalue weighted by molar-refractivity contribution is 7.87. The van der Waals surface area contributed by atoms with Gasteiger partial charge in [0.1, 0.15) is 0 Å². The molecule has 0 spiro atoms. The van der Waals surface area contributed by atoms with Gasteiger partial charge in [-0.05, 0) is 364 Å². The lowest BCUT2D eigenvalue weighted by molar-refractivity contribution is 0.480. The maximum Gasteiger partial charge on any atom is 0.294 e. The monoisotopic (exact) mass is 1800 g/mol. The van der Waals surface area contributed by atoms with Gasteiger partial charge >= 0.3 is 0 Å². The van der Waals surface area contributed by atoms with E-state index < -0.39 is 60.7 Å². The molecule has 4 aliphatic heterocycles. The summed E-state index contributed by atoms with van der Waals surface area (Å²) >= 11 is 0. The summed E-state index contributed by atoms with van der Waals surface area (Å²) in [6.45, 7) is 19.5. The third-order valence-electron chi connectivity index (χ3n) is 23.4. The lowest BCUT2D eigenvalue weighted by atomic mass is 9.92. The minimum absolute atomic E-state index is 0.195. The van der Waals surface area contributed by atoms with Gasteiger partial charge in [0.2, 0.25) is 0 Å². The maximum atomic E-state index is 13.1. The number of benzene rings is 7. The van der Waals surface area contributed by atoms with Crippen LogP contribution in [0.1, 0.15) is 112 Å². The Balaban J connectivity index is 1.05. The molecule has 0 fully saturated rings. The molecule has 0 unspecified atom stereocenters. The van der Waals surface area contributed by atoms with Crippen molar-refractivity contribution in [2.75, 3.05) is 0 Å². The minimum Gasteiger partial charge on any atom is -0.354 e. The predicted molar refractivity (Wildman–Crippen MR) is 490 cm³/mol. The van der Waals surface area contributed by atoms with Gasteiger partial charge in [0, 0.05) is 88.6 Å². The summed E-state index contributed by atoms with van der Waals surface area (Å²) < 4.78 is 220. The molecule has 6 aromatic heterocycles. The predicted octanol–water partition coefficient (Wildman–Crippen LogP) is 20.1. The Hall–Kier alpha value is -12.8. The van der Waals surface area contributed by atoms with E-state index in [4.69, 9.17) is 19.9 Å². The van der Waals surface area contributed by atoms with E-state index in [1.165, 1.54) is 36.4 Å². The van der Waals surface area contributed by atoms with Crippen LogP contribution in [0.4, 0.5) is 0 Å². The second-order valence-electron chi connectivity index (χ2n) is 32.0. The molecule has 7 aromatic carbocycles. The third-order valence-corrected chi connectivity index (χ3v) is 29.4. The molecule has 0 aliphatic carbocycles. The Bertz CT molecular complexity index is 7760. The lowest BCUT2D eigenvalue weighted by Crippen LogP contribution is -2.03. The number of nitrogens with one attached hydrogen (secondary N) is 4. The van der Waals surface area contributed by atoms with Crippen molar-refractivity contribution in [3.05, 3.63) is 258 Å². The first-order valence-corrected chi connectivity index (χ1v) is 47.8. The Morgan fingerprint density at radius 1 is 0.190 bits per heavy atom. The zero-order valence-electron chi connectivity index (χ0n) is 69.3. The first-order chi connectivity index (χ1) is 59.2. The van der Waals surface area contributed by atoms with Crippen molar-refractivity contribution in [3.63, 3.8) is 0 Å². The Labute approximate surface area is 725 Å². The molecule has 0 atom stereocenters. The molecule has 10 heterocycles. The van der Waals surface area contributed by atoms with Crippen LogP contribution >= 0.6 is 0 Å². The molecule has 13 aromatic rings. The molecule has 638 valence electrons. The van der Waals surface area contributed by atoms with Crippen LogP contribution in [0.15, 0.2) is 175 Å². The number of aromatic nitrogens is 8. The van der Waals surface area contributed by atoms with E-state index in [1.54, 1.807) is 144 Å². The van der Waals surface area contributed by atoms with E-state index in [9.17, 15) is 77.8 Å². The van der Waals surface area contributed by atoms with E-state index in [2.05, 4.69) is 19.9 Å². The van der Waals surface area contributed by atoms with Crippen LogP contribution in [0.3, 0.4) is 0 Å². The molecule has 4 aliphatic rings. The molecule has 0 amide bonds. The molecule has 32 heteroatoms. The van der Waals surface area contributed by atoms with Crippen LogP contribution in [0.2, 0.25) is 0 Å². The van der Waals surface area contributed by atoms with Gasteiger partial charge in [-0.15, -0.1) is 0 Å². The Morgan fingerprint density at radius 3 is 0.460 bits per heavy atom. The zero-order chi connectivity index (χ0) is 90.2. The van der Waals surface area contributed by atoms with Crippen LogP contribution in [0.25, 0.3) is 182 Å². The number of nitrogens with zero attached hydrogens (tertiary/aromatic N) is 4. The van der Waals surface area contributed by atoms with Gasteiger partial charge in [0.15, 0.2) is 0 Å². The van der Waals surface area contributed by atoms with Gasteiger partial charge in [-0.25, -0.2) is 19.9 Å². The smallest absolute Gasteiger partial charge is 0.294 e. The van der Waals surface area contributed by atoms with Crippen LogP contribution in [0, 0.1) is 83.1 Å². The number of rotatable bonds is 14. The summed E-state index contributed by atoms with van der Waals surface area (Å²) in [6.07, 6.45) is 14.4. The molecule has 0 radical (unpaired) electrons. The van der Waals surface area contributed by atoms with E-state index in [0.717, 1.165) is 0 Å². The molecule has 0 saturated carbocycles. The van der Waals surface area contributed by atoms with Crippen molar-refractivity contribution in [1.82, 2.24) is 39.9 Å². The second-order valence-corrected chi connectivity index (χ2v) is 40.3. The summed E-state index contributed by atoms with van der Waals surface area (Å²) in [6, 6.07) is 40.3. The fourth-order valence-electron chi connectivity index (χ4n) is 17.6. The van der Waals surface area contributed by atoms with Gasteiger partial charge in [0.25, 0.3) is 60.7 Å². The molecular formula is C94H78N8O18S6. The molecule has 17 rings (SSSR count). The molecule has 126 heavy (non-hydrogen) atoms. The maximum absolute atomic E-state index is 13.1. The van der Waals surface area contributed by atoms with E-state index in [-0.39, 0.29) is 62.8 Å². The van der Waals surface area contributed by atoms with Crippen LogP contribution in [-0.4, -0.2) is 118 Å². The first kappa shape index (κ1) is 85.4. The van der Waals surface area contributed by atoms with Crippen LogP contribution in [0.5, 0.6) is 0 Å². The molecular weight excluding hydrogens is 1720 g/mol. The van der Waals surface area contributed by atoms with Crippen molar-refractivity contribution in [2.45, 2.75) is 112 Å². The average molecular weight is 1800 g/mol. The van der Waals surface area contributed by atoms with Gasteiger partial charge < -0.3 is 19.9 Å². The summed E-state index contributed by atoms with van der Waals surface area (Å²) in [5.74, 6) is 0. The van der Waals surface area contributed by atoms with Crippen molar-refractivity contribution in [2.24, 2.45) is 0 Å². The standard InChI is InChI=1S/C94H78N8O18S6/c1-45-39-81(121(103,104)105)51(7)33-59(45)89-69-21-17-65(95-69)87(66-18-22-70(96-66)90(60-34-52(8)82(40-46(60)2)122(106,107)108)74-26-30-78(100-74)93(77-29-25-73(89)99-77)63-37-55(11)85(43-49(63)5)125(115,116)117)57-15-13-14-16-58(57)88-67-19-23-71(97-67)91(61-35-53(9)83(41-47(61)3)123(109,110)111)75-27-31-79(101-75)94(64-38-56(12)86(44-50(64)6)126(118,119)120)80-32-28-76(102-80)92(72-24-20-68(88)98-72)62-36-54(10)84(42-48(62)4)124(112,113)114/h13-44,95,97,100,102H,1-12H3,(H,103,104,105)(H,106,107,108)(H,109,110,111)(H,112,113,114)(H,115,116,117)(H,118,119,120). The highest BCUT2D eigenvalue weighted by Gasteiger charge is 2.31. The summed E-state index contributed by atoms with van der Waals surface area (Å²) in [5.41, 5.74) is 17.6. The fourth-order valence-corrected chi connectivity index (χ4v) is 22.4. The molecule has 16 bridgehead atoms. The van der Waals surface area contributed by atoms with Crippen molar-refractivity contribution in [3.8, 4) is 89.0 Å². The number of hydrogen-bond acceptors (Lipinski definition) is 16. The fraction of sp³-hybridized carbons (Fsp3) is 0.128. The zero-order valence-corrected chi connectivity index (χ0v) is 74.2. The Kier molecular flexibility index (Phi) is 20.7. The summed E-state index contributed by atoms with van der Waals surface area (Å²) in [5, 5.41) is 0. The van der Waals surface area contributed by atoms with Crippen LogP contribution < -0.4 is 0 Å². The minimum atomic E-state index is -4.77. The highest BCUT2D eigenvalue weighted by Crippen LogP contribution is 2.48. The molecule has 26 nitrogen and oxygen atoms in total. The van der Waals surface area contributed by atoms with Gasteiger partial charge in [-0.1, -0.05) is 24.3 Å². The first-order valence-electron chi connectivity index (χ1n) is 39.2. The topological polar surface area (TPSA) is 441 Å². The van der Waals surface area contributed by atoms with Gasteiger partial charge in [-0.3, -0.25) is 27.3 Å². The number of aromatic amines is 4. The Morgan fingerprint density at radius 2 is 0.325 bits per heavy atom. The average Bonchev–Trinajstić information content (AvgIpc) is 1.58. The number of H-pyrrole nitrogens is 4. The summed E-state index contributed by atoms with van der Waals surface area (Å²) in [4.78, 5) is 35.1.